The predicted molar refractivity (Wildman–Crippen MR) is 28.1 cm³/mol. The molecule has 0 aromatic rings. The molecule has 3 heteroatoms. The van der Waals surface area contributed by atoms with Crippen LogP contribution in [0.15, 0.2) is 0 Å². The van der Waals surface area contributed by atoms with Crippen molar-refractivity contribution in [2.45, 2.75) is 12.8 Å². The Morgan fingerprint density at radius 1 is 1.57 bits per heavy atom. The van der Waals surface area contributed by atoms with E-state index in [4.69, 9.17) is 0 Å². The summed E-state index contributed by atoms with van der Waals surface area (Å²) in [5, 5.41) is 0. The molecule has 0 aliphatic heterocycles. The molecule has 1 radical (unpaired) electrons. The molecule has 0 N–H and O–H groups in total. The van der Waals surface area contributed by atoms with E-state index >= 15 is 0 Å². The van der Waals surface area contributed by atoms with E-state index in [2.05, 4.69) is 0 Å². The van der Waals surface area contributed by atoms with Crippen LogP contribution < -0.4 is 0 Å². The van der Waals surface area contributed by atoms with Crippen molar-refractivity contribution in [2.75, 3.05) is 0 Å². The van der Waals surface area contributed by atoms with Crippen molar-refractivity contribution in [1.29, 1.82) is 0 Å². The quantitative estimate of drug-likeness (QED) is 0.276. The summed E-state index contributed by atoms with van der Waals surface area (Å²) in [7, 11) is 0. The van der Waals surface area contributed by atoms with Gasteiger partial charge in [0.2, 0.25) is 0 Å². The van der Waals surface area contributed by atoms with Crippen LogP contribution in [-0.4, -0.2) is 42.1 Å². The molecule has 0 amide bonds. The van der Waals surface area contributed by atoms with Gasteiger partial charge in [-0.3, -0.25) is 4.79 Å². The SMILES string of the molecule is O=[C]CCC=O.[NaH]. The Morgan fingerprint density at radius 2 is 2.14 bits per heavy atom. The first-order chi connectivity index (χ1) is 2.91. The number of unbranched alkanes of at least 4 members (excludes halogenated alkanes) is 1. The maximum absolute atomic E-state index is 9.38. The Bertz CT molecular complexity index is 45.7. The second-order valence-electron chi connectivity index (χ2n) is 0.850. The molecule has 2 nitrogen and oxygen atoms in total. The van der Waals surface area contributed by atoms with Gasteiger partial charge in [-0.05, 0) is 0 Å². The normalized spacial score (nSPS) is 6.29. The van der Waals surface area contributed by atoms with Crippen molar-refractivity contribution < 1.29 is 9.59 Å². The minimum atomic E-state index is 0. The van der Waals surface area contributed by atoms with Crippen LogP contribution in [-0.2, 0) is 9.59 Å². The molecular weight excluding hydrogens is 103 g/mol. The van der Waals surface area contributed by atoms with Gasteiger partial charge in [-0.15, -0.1) is 0 Å². The van der Waals surface area contributed by atoms with Gasteiger partial charge in [0.25, 0.3) is 0 Å². The second-order valence-corrected chi connectivity index (χ2v) is 0.850. The maximum atomic E-state index is 9.38. The van der Waals surface area contributed by atoms with Crippen molar-refractivity contribution in [3.8, 4) is 0 Å². The zero-order valence-corrected chi connectivity index (χ0v) is 3.31. The summed E-state index contributed by atoms with van der Waals surface area (Å²) in [6, 6.07) is 0. The molecule has 0 saturated carbocycles. The van der Waals surface area contributed by atoms with Crippen LogP contribution >= 0.6 is 0 Å². The summed E-state index contributed by atoms with van der Waals surface area (Å²) < 4.78 is 0. The first-order valence-corrected chi connectivity index (χ1v) is 1.70. The fourth-order valence-corrected chi connectivity index (χ4v) is 0.118. The number of carbonyl (C=O) groups excluding carboxylic acids is 2. The molecule has 0 aliphatic rings. The van der Waals surface area contributed by atoms with Crippen LogP contribution in [0, 0.1) is 0 Å². The Hall–Kier alpha value is 0.340. The Morgan fingerprint density at radius 3 is 2.29 bits per heavy atom. The van der Waals surface area contributed by atoms with Crippen LogP contribution in [0.5, 0.6) is 0 Å². The average molecular weight is 109 g/mol. The van der Waals surface area contributed by atoms with Crippen LogP contribution in [0.4, 0.5) is 0 Å². The first kappa shape index (κ1) is 10.3. The standard InChI is InChI=1S/C4H5O2.Na.H/c5-3-1-2-4-6;;/h3H,1-2H2;;. The molecule has 0 aromatic heterocycles. The number of carbonyl (C=O) groups is 1. The van der Waals surface area contributed by atoms with Crippen LogP contribution in [0.1, 0.15) is 12.8 Å². The molecule has 0 unspecified atom stereocenters. The topological polar surface area (TPSA) is 34.1 Å². The van der Waals surface area contributed by atoms with Crippen LogP contribution in [0.3, 0.4) is 0 Å². The molecule has 0 bridgehead atoms. The number of rotatable bonds is 3. The van der Waals surface area contributed by atoms with Gasteiger partial charge in [-0.25, -0.2) is 0 Å². The molecule has 0 atom stereocenters. The molecule has 35 valence electrons. The third-order valence-electron chi connectivity index (χ3n) is 0.364. The Kier molecular flexibility index (Phi) is 14.2. The molecular formula is C4H6NaO2. The van der Waals surface area contributed by atoms with E-state index in [0.717, 1.165) is 0 Å². The molecule has 0 fully saturated rings. The predicted octanol–water partition coefficient (Wildman–Crippen LogP) is -0.573. The summed E-state index contributed by atoms with van der Waals surface area (Å²) in [6.07, 6.45) is 2.84. The van der Waals surface area contributed by atoms with E-state index in [1.54, 1.807) is 6.29 Å². The van der Waals surface area contributed by atoms with Crippen molar-refractivity contribution in [3.63, 3.8) is 0 Å². The summed E-state index contributed by atoms with van der Waals surface area (Å²) in [5.74, 6) is 0. The van der Waals surface area contributed by atoms with Gasteiger partial charge in [-0.1, -0.05) is 0 Å². The molecule has 0 heterocycles. The van der Waals surface area contributed by atoms with Gasteiger partial charge in [0.05, 0.1) is 0 Å². The third-order valence-corrected chi connectivity index (χ3v) is 0.364. The van der Waals surface area contributed by atoms with E-state index in [0.29, 0.717) is 12.7 Å². The minimum absolute atomic E-state index is 0. The van der Waals surface area contributed by atoms with Crippen molar-refractivity contribution in [2.24, 2.45) is 0 Å². The van der Waals surface area contributed by atoms with Crippen LogP contribution in [0.25, 0.3) is 0 Å². The van der Waals surface area contributed by atoms with Gasteiger partial charge in [0, 0.05) is 12.8 Å². The van der Waals surface area contributed by atoms with Gasteiger partial charge in [-0.2, -0.15) is 0 Å². The van der Waals surface area contributed by atoms with Gasteiger partial charge < -0.3 is 4.79 Å². The van der Waals surface area contributed by atoms with Crippen molar-refractivity contribution in [1.82, 2.24) is 0 Å². The molecule has 0 saturated heterocycles. The zero-order valence-electron chi connectivity index (χ0n) is 3.31. The molecule has 0 spiro atoms. The summed E-state index contributed by atoms with van der Waals surface area (Å²) in [6.45, 7) is 0. The summed E-state index contributed by atoms with van der Waals surface area (Å²) in [4.78, 5) is 18.7. The first-order valence-electron chi connectivity index (χ1n) is 1.70. The fourth-order valence-electron chi connectivity index (χ4n) is 0.118. The van der Waals surface area contributed by atoms with E-state index in [1.807, 2.05) is 0 Å². The molecule has 7 heavy (non-hydrogen) atoms. The number of hydrogen-bond acceptors (Lipinski definition) is 2. The van der Waals surface area contributed by atoms with Gasteiger partial charge in [0.15, 0.2) is 6.29 Å². The Balaban J connectivity index is 0. The number of aldehydes is 1. The van der Waals surface area contributed by atoms with Crippen molar-refractivity contribution in [3.05, 3.63) is 0 Å². The van der Waals surface area contributed by atoms with Crippen molar-refractivity contribution >= 4 is 42.1 Å². The molecule has 0 rings (SSSR count). The third kappa shape index (κ3) is 10.7. The number of hydrogen-bond donors (Lipinski definition) is 0. The second kappa shape index (κ2) is 9.60. The summed E-state index contributed by atoms with van der Waals surface area (Å²) in [5.41, 5.74) is 0. The summed E-state index contributed by atoms with van der Waals surface area (Å²) >= 11 is 0. The van der Waals surface area contributed by atoms with E-state index in [9.17, 15) is 9.59 Å². The van der Waals surface area contributed by atoms with Gasteiger partial charge >= 0.3 is 29.6 Å². The molecule has 0 aliphatic carbocycles. The Labute approximate surface area is 64.6 Å². The van der Waals surface area contributed by atoms with E-state index in [1.165, 1.54) is 0 Å². The average Bonchev–Trinajstić information content (AvgIpc) is 1.61. The van der Waals surface area contributed by atoms with Crippen LogP contribution in [0.2, 0.25) is 0 Å². The monoisotopic (exact) mass is 109 g/mol. The zero-order chi connectivity index (χ0) is 4.83. The fraction of sp³-hybridized carbons (Fsp3) is 0.500. The van der Waals surface area contributed by atoms with Gasteiger partial charge in [0.1, 0.15) is 6.29 Å². The molecule has 0 aromatic carbocycles. The van der Waals surface area contributed by atoms with E-state index in [-0.39, 0.29) is 36.0 Å². The van der Waals surface area contributed by atoms with E-state index < -0.39 is 0 Å².